The fourth-order valence-corrected chi connectivity index (χ4v) is 15.9. The highest BCUT2D eigenvalue weighted by Crippen LogP contribution is 2.29. The maximum absolute atomic E-state index is 15.4. The largest absolute Gasteiger partial charge is 0.508 e. The molecule has 0 spiro atoms. The van der Waals surface area contributed by atoms with Crippen LogP contribution in [0.15, 0.2) is 59.7 Å². The molecule has 7 rings (SSSR count). The number of phenolic OH excluding ortho intramolecular Hbond substituents is 1. The summed E-state index contributed by atoms with van der Waals surface area (Å²) in [5, 5.41) is 54.7. The molecule has 5 heterocycles. The maximum atomic E-state index is 15.4. The first-order valence-electron chi connectivity index (χ1n) is 41.2. The van der Waals surface area contributed by atoms with Crippen molar-refractivity contribution in [2.75, 3.05) is 32.7 Å². The Morgan fingerprint density at radius 1 is 0.418 bits per heavy atom. The van der Waals surface area contributed by atoms with Crippen molar-refractivity contribution in [3.05, 3.63) is 76.2 Å². The van der Waals surface area contributed by atoms with Gasteiger partial charge in [-0.25, -0.2) is 4.79 Å². The number of rotatable bonds is 46. The zero-order chi connectivity index (χ0) is 89.8. The van der Waals surface area contributed by atoms with Gasteiger partial charge in [-0.05, 0) is 143 Å². The predicted octanol–water partition coefficient (Wildman–Crippen LogP) is -2.21. The van der Waals surface area contributed by atoms with Gasteiger partial charge in [0.2, 0.25) is 100 Å². The Labute approximate surface area is 703 Å². The van der Waals surface area contributed by atoms with E-state index >= 15 is 14.4 Å². The van der Waals surface area contributed by atoms with Gasteiger partial charge in [0.15, 0.2) is 0 Å². The molecule has 0 saturated carbocycles. The zero-order valence-corrected chi connectivity index (χ0v) is 68.9. The van der Waals surface area contributed by atoms with Crippen molar-refractivity contribution in [1.29, 1.82) is 0 Å². The first-order chi connectivity index (χ1) is 57.8. The van der Waals surface area contributed by atoms with Crippen LogP contribution in [0, 0.1) is 11.8 Å². The van der Waals surface area contributed by atoms with E-state index in [9.17, 15) is 97.6 Å². The average molecular weight is 1710 g/mol. The zero-order valence-electron chi connectivity index (χ0n) is 68.9. The summed E-state index contributed by atoms with van der Waals surface area (Å²) in [4.78, 5) is 270. The lowest BCUT2D eigenvalue weighted by Gasteiger charge is -2.33. The van der Waals surface area contributed by atoms with Crippen LogP contribution in [0.3, 0.4) is 0 Å². The number of primary amides is 4. The number of nitrogens with zero attached hydrogens (tertiary/aromatic N) is 8. The monoisotopic (exact) mass is 1710 g/mol. The smallest absolute Gasteiger partial charge is 0.326 e. The van der Waals surface area contributed by atoms with Gasteiger partial charge < -0.3 is 105 Å². The molecule has 122 heavy (non-hydrogen) atoms. The number of phenols is 1. The van der Waals surface area contributed by atoms with Gasteiger partial charge in [0.05, 0.1) is 6.04 Å². The molecular weight excluding hydrogens is 1590 g/mol. The number of carbonyl (C=O) groups is 19. The second-order valence-corrected chi connectivity index (χ2v) is 32.3. The van der Waals surface area contributed by atoms with Crippen LogP contribution in [0.5, 0.6) is 5.75 Å². The highest BCUT2D eigenvalue weighted by Gasteiger charge is 2.48. The summed E-state index contributed by atoms with van der Waals surface area (Å²) in [5.74, 6) is -17.7. The molecule has 666 valence electrons. The normalized spacial score (nSPS) is 20.0. The van der Waals surface area contributed by atoms with Crippen molar-refractivity contribution < 1.29 is 106 Å². The highest BCUT2D eigenvalue weighted by molar-refractivity contribution is 6.01. The van der Waals surface area contributed by atoms with E-state index in [1.807, 2.05) is 0 Å². The summed E-state index contributed by atoms with van der Waals surface area (Å²) >= 11 is 0. The number of amides is 17. The minimum atomic E-state index is -1.71. The number of nitrogens with two attached hydrogens (primary N) is 4. The molecule has 0 bridgehead atoms. The van der Waals surface area contributed by atoms with E-state index in [0.717, 1.165) is 9.80 Å². The quantitative estimate of drug-likeness (QED) is 0.0190. The number of nitrogens with one attached hydrogen (secondary N) is 8. The summed E-state index contributed by atoms with van der Waals surface area (Å²) in [6.07, 6.45) is -3.47. The van der Waals surface area contributed by atoms with Gasteiger partial charge in [-0.3, -0.25) is 86.3 Å². The van der Waals surface area contributed by atoms with Crippen LogP contribution < -0.4 is 65.5 Å². The van der Waals surface area contributed by atoms with Crippen LogP contribution in [-0.2, 0) is 104 Å². The molecule has 5 aliphatic heterocycles. The molecule has 19 N–H and O–H groups in total. The van der Waals surface area contributed by atoms with Crippen molar-refractivity contribution in [2.24, 2.45) is 39.9 Å². The average Bonchev–Trinajstić information content (AvgIpc) is 1.62. The number of carboxylic acid groups (broad SMARTS) is 2. The van der Waals surface area contributed by atoms with Gasteiger partial charge >= 0.3 is 11.9 Å². The summed E-state index contributed by atoms with van der Waals surface area (Å²) in [7, 11) is 0. The molecule has 0 aliphatic carbocycles. The standard InChI is InChI=1S/C80H114N20O22/c1-43(2)37-53(86-66(106)20-8-19-62(81)102)69(110)88-50(25-29-63(82)103)75(116)97-34-10-17-59(97)72(113)93-56(39-45-13-6-5-7-14-45)79(120)100-42-47(94-95-85)41-61(100)74(115)89-51(26-30-64(83)104)76(117)96-33-9-15-57(96)70(111)87-49(28-32-67(107)108)68(109)91-54(38-44(3)4)77(118)98-35-12-18-60(98)73(114)92-55(40-46-21-23-48(101)24-22-46)78(119)99-36-11-16-58(99)71(112)90-52(80(121)122)27-31-65(84)105/h5-7,13-14,21-24,43-44,47,49-61,101H,8-12,15-20,25-42H2,1-4H3,(H2,81,102)(H2,82,103)(H2,83,104)(H2,84,105)(H,86,106)(H,87,111)(H,88,110)(H,89,115)(H,90,112)(H,91,109)(H,92,114)(H,93,113)(H,107,108)(H,121,122)/t47?,49-,50-,51-,52-,53-,54-,55-,56-,57-,58-,59-,60-,61-/m0/s1. The summed E-state index contributed by atoms with van der Waals surface area (Å²) in [6, 6.07) is -5.80. The van der Waals surface area contributed by atoms with Crippen molar-refractivity contribution in [1.82, 2.24) is 67.0 Å². The number of carbonyl (C=O) groups excluding carboxylic acids is 17. The van der Waals surface area contributed by atoms with Gasteiger partial charge in [-0.1, -0.05) is 75.3 Å². The Bertz CT molecular complexity index is 4220. The molecule has 2 aromatic carbocycles. The third-order valence-corrected chi connectivity index (χ3v) is 22.0. The van der Waals surface area contributed by atoms with Gasteiger partial charge in [-0.2, -0.15) is 0 Å². The molecule has 5 saturated heterocycles. The third-order valence-electron chi connectivity index (χ3n) is 22.0. The number of carboxylic acids is 2. The number of benzene rings is 2. The van der Waals surface area contributed by atoms with E-state index in [-0.39, 0.29) is 159 Å². The van der Waals surface area contributed by atoms with E-state index in [1.54, 1.807) is 58.0 Å². The van der Waals surface area contributed by atoms with Crippen molar-refractivity contribution >= 4 is 112 Å². The first-order valence-corrected chi connectivity index (χ1v) is 41.2. The van der Waals surface area contributed by atoms with E-state index in [1.165, 1.54) is 39.0 Å². The number of hydrogen-bond donors (Lipinski definition) is 15. The molecule has 42 nitrogen and oxygen atoms in total. The Balaban J connectivity index is 1.08. The Morgan fingerprint density at radius 3 is 1.21 bits per heavy atom. The van der Waals surface area contributed by atoms with Crippen LogP contribution in [-0.4, -0.2) is 269 Å². The van der Waals surface area contributed by atoms with E-state index in [2.05, 4.69) is 52.6 Å². The molecular formula is C80H114N20O22. The number of azide groups is 1. The lowest BCUT2D eigenvalue weighted by atomic mass is 10.0. The lowest BCUT2D eigenvalue weighted by molar-refractivity contribution is -0.146. The molecule has 0 aromatic heterocycles. The van der Waals surface area contributed by atoms with Gasteiger partial charge in [0.1, 0.15) is 84.3 Å². The molecule has 14 atom stereocenters. The second-order valence-electron chi connectivity index (χ2n) is 32.3. The van der Waals surface area contributed by atoms with Crippen LogP contribution in [0.2, 0.25) is 0 Å². The number of aromatic hydroxyl groups is 1. The molecule has 1 unspecified atom stereocenters. The highest BCUT2D eigenvalue weighted by atomic mass is 16.4. The van der Waals surface area contributed by atoms with Crippen LogP contribution in [0.4, 0.5) is 0 Å². The minimum absolute atomic E-state index is 0.0145. The van der Waals surface area contributed by atoms with Crippen molar-refractivity contribution in [3.8, 4) is 5.75 Å². The molecule has 0 radical (unpaired) electrons. The fourth-order valence-electron chi connectivity index (χ4n) is 15.9. The van der Waals surface area contributed by atoms with Crippen LogP contribution in [0.1, 0.15) is 180 Å². The molecule has 5 fully saturated rings. The molecule has 5 aliphatic rings. The second kappa shape index (κ2) is 46.3. The fraction of sp³-hybridized carbons (Fsp3) is 0.613. The molecule has 2 aromatic rings. The van der Waals surface area contributed by atoms with Gasteiger partial charge in [0, 0.05) is 89.0 Å². The number of hydrogen-bond acceptors (Lipinski definition) is 21. The van der Waals surface area contributed by atoms with Crippen molar-refractivity contribution in [2.45, 2.75) is 266 Å². The van der Waals surface area contributed by atoms with E-state index < -0.39 is 236 Å². The maximum Gasteiger partial charge on any atom is 0.326 e. The van der Waals surface area contributed by atoms with E-state index in [4.69, 9.17) is 22.9 Å². The first kappa shape index (κ1) is 96.6. The topological polar surface area (TPSA) is 650 Å². The number of likely N-dealkylation sites (tertiary alicyclic amines) is 5. The van der Waals surface area contributed by atoms with Crippen LogP contribution in [0.25, 0.3) is 10.4 Å². The third kappa shape index (κ3) is 28.6. The summed E-state index contributed by atoms with van der Waals surface area (Å²) in [6.45, 7) is 6.42. The molecule has 42 heteroatoms. The summed E-state index contributed by atoms with van der Waals surface area (Å²) in [5.41, 5.74) is 32.3. The number of aliphatic carboxylic acids is 2. The summed E-state index contributed by atoms with van der Waals surface area (Å²) < 4.78 is 0. The molecule has 17 amide bonds. The lowest BCUT2D eigenvalue weighted by Crippen LogP contribution is -2.60. The van der Waals surface area contributed by atoms with Crippen LogP contribution >= 0.6 is 0 Å². The minimum Gasteiger partial charge on any atom is -0.508 e. The van der Waals surface area contributed by atoms with Gasteiger partial charge in [0.25, 0.3) is 0 Å². The SMILES string of the molecule is CC(C)C[C@H](NC(=O)CCCC(N)=O)C(=O)N[C@@H](CCC(N)=O)C(=O)N1CCC[C@H]1C(=O)N[C@@H](Cc1ccccc1)C(=O)N1CC(N=[N+]=[N-])C[C@H]1C(=O)N[C@@H](CCC(N)=O)C(=O)N1CCC[C@H]1C(=O)N[C@@H](CCC(=O)O)C(=O)N[C@@H](CC(C)C)C(=O)N1CCC[C@H]1C(=O)N[C@@H](Cc1ccc(O)cc1)C(=O)N1CCC[C@H]1C(=O)N[C@@H](CCC(N)=O)C(=O)O. The predicted molar refractivity (Wildman–Crippen MR) is 431 cm³/mol. The van der Waals surface area contributed by atoms with Crippen molar-refractivity contribution in [3.63, 3.8) is 0 Å². The Kier molecular flexibility index (Phi) is 36.7. The Morgan fingerprint density at radius 2 is 0.779 bits per heavy atom. The van der Waals surface area contributed by atoms with E-state index in [0.29, 0.717) is 17.5 Å². The van der Waals surface area contributed by atoms with Gasteiger partial charge in [-0.15, -0.1) is 0 Å². The Hall–Kier alpha value is -12.5.